The number of carbonyl (C=O) groups is 2. The van der Waals surface area contributed by atoms with Crippen molar-refractivity contribution in [3.63, 3.8) is 0 Å². The second-order valence-electron chi connectivity index (χ2n) is 13.1. The van der Waals surface area contributed by atoms with E-state index in [1.165, 1.54) is 0 Å². The maximum Gasteiger partial charge on any atom is 0.236 e. The number of amides is 2. The number of ether oxygens (including phenoxy) is 4. The molecule has 4 aromatic carbocycles. The fourth-order valence-corrected chi connectivity index (χ4v) is 7.13. The van der Waals surface area contributed by atoms with Gasteiger partial charge in [0.1, 0.15) is 39.6 Å². The van der Waals surface area contributed by atoms with E-state index in [2.05, 4.69) is 10.6 Å². The molecule has 0 aliphatic heterocycles. The SMILES string of the molecule is COc1ccc(C(O)(c2ccc(OC)cc2)[C@@H](C)NC(=O)C2(C(=O)N[C@H](C)C(O)(c3ccc(OC)cc3)c3ccc(OC)cc3)CCCC2)cc1. The molecule has 4 N–H and O–H groups in total. The molecular formula is C41H48N2O8. The van der Waals surface area contributed by atoms with Gasteiger partial charge < -0.3 is 39.8 Å². The van der Waals surface area contributed by atoms with Crippen molar-refractivity contribution in [3.8, 4) is 23.0 Å². The minimum atomic E-state index is -1.68. The number of hydrogen-bond acceptors (Lipinski definition) is 8. The first-order valence-electron chi connectivity index (χ1n) is 17.1. The number of benzene rings is 4. The number of aliphatic hydroxyl groups is 2. The number of carbonyl (C=O) groups excluding carboxylic acids is 2. The highest BCUT2D eigenvalue weighted by Gasteiger charge is 2.51. The molecule has 10 nitrogen and oxygen atoms in total. The molecule has 10 heteroatoms. The Hall–Kier alpha value is -5.06. The zero-order chi connectivity index (χ0) is 36.8. The molecule has 270 valence electrons. The minimum absolute atomic E-state index is 0.317. The zero-order valence-corrected chi connectivity index (χ0v) is 30.1. The van der Waals surface area contributed by atoms with Crippen LogP contribution in [0, 0.1) is 5.41 Å². The summed E-state index contributed by atoms with van der Waals surface area (Å²) in [7, 11) is 6.26. The van der Waals surface area contributed by atoms with Gasteiger partial charge in [-0.3, -0.25) is 9.59 Å². The predicted octanol–water partition coefficient (Wildman–Crippen LogP) is 5.46. The normalized spacial score (nSPS) is 15.3. The Morgan fingerprint density at radius 1 is 0.529 bits per heavy atom. The van der Waals surface area contributed by atoms with E-state index < -0.39 is 40.5 Å². The van der Waals surface area contributed by atoms with Crippen molar-refractivity contribution in [2.24, 2.45) is 5.41 Å². The minimum Gasteiger partial charge on any atom is -0.497 e. The molecule has 0 heterocycles. The lowest BCUT2D eigenvalue weighted by molar-refractivity contribution is -0.146. The summed E-state index contributed by atoms with van der Waals surface area (Å²) >= 11 is 0. The van der Waals surface area contributed by atoms with Crippen LogP contribution in [0.25, 0.3) is 0 Å². The Bertz CT molecular complexity index is 1540. The lowest BCUT2D eigenvalue weighted by Crippen LogP contribution is -2.59. The summed E-state index contributed by atoms with van der Waals surface area (Å²) < 4.78 is 21.4. The highest BCUT2D eigenvalue weighted by Crippen LogP contribution is 2.42. The van der Waals surface area contributed by atoms with E-state index >= 15 is 0 Å². The summed E-state index contributed by atoms with van der Waals surface area (Å²) in [6, 6.07) is 26.3. The van der Waals surface area contributed by atoms with Crippen molar-refractivity contribution in [2.75, 3.05) is 28.4 Å². The molecule has 0 unspecified atom stereocenters. The Kier molecular flexibility index (Phi) is 11.3. The van der Waals surface area contributed by atoms with Crippen molar-refractivity contribution in [1.29, 1.82) is 0 Å². The number of hydrogen-bond donors (Lipinski definition) is 4. The second-order valence-corrected chi connectivity index (χ2v) is 13.1. The first kappa shape index (κ1) is 37.2. The molecule has 2 amide bonds. The van der Waals surface area contributed by atoms with E-state index in [0.717, 1.165) is 0 Å². The maximum atomic E-state index is 14.4. The fraction of sp³-hybridized carbons (Fsp3) is 0.366. The van der Waals surface area contributed by atoms with Gasteiger partial charge in [0.15, 0.2) is 0 Å². The van der Waals surface area contributed by atoms with Gasteiger partial charge in [0.25, 0.3) is 0 Å². The topological polar surface area (TPSA) is 136 Å². The summed E-state index contributed by atoms with van der Waals surface area (Å²) in [5.74, 6) is 1.49. The maximum absolute atomic E-state index is 14.4. The van der Waals surface area contributed by atoms with Crippen LogP contribution >= 0.6 is 0 Å². The molecule has 5 rings (SSSR count). The molecule has 1 aliphatic carbocycles. The molecule has 0 aromatic heterocycles. The lowest BCUT2D eigenvalue weighted by Gasteiger charge is -2.40. The van der Waals surface area contributed by atoms with Crippen LogP contribution in [0.4, 0.5) is 0 Å². The van der Waals surface area contributed by atoms with E-state index in [1.54, 1.807) is 139 Å². The highest BCUT2D eigenvalue weighted by molar-refractivity contribution is 6.05. The molecule has 1 fully saturated rings. The van der Waals surface area contributed by atoms with E-state index in [4.69, 9.17) is 18.9 Å². The average molecular weight is 697 g/mol. The molecule has 0 bridgehead atoms. The Morgan fingerprint density at radius 3 is 0.980 bits per heavy atom. The van der Waals surface area contributed by atoms with Crippen molar-refractivity contribution in [2.45, 2.75) is 62.8 Å². The number of rotatable bonds is 14. The third-order valence-corrected chi connectivity index (χ3v) is 10.4. The van der Waals surface area contributed by atoms with E-state index in [-0.39, 0.29) is 0 Å². The van der Waals surface area contributed by atoms with Gasteiger partial charge in [-0.2, -0.15) is 0 Å². The van der Waals surface area contributed by atoms with E-state index in [1.807, 2.05) is 0 Å². The van der Waals surface area contributed by atoms with E-state index in [0.29, 0.717) is 70.9 Å². The van der Waals surface area contributed by atoms with Gasteiger partial charge in [0.2, 0.25) is 11.8 Å². The van der Waals surface area contributed by atoms with Crippen molar-refractivity contribution >= 4 is 11.8 Å². The smallest absolute Gasteiger partial charge is 0.236 e. The van der Waals surface area contributed by atoms with Crippen molar-refractivity contribution in [3.05, 3.63) is 119 Å². The molecule has 0 saturated heterocycles. The van der Waals surface area contributed by atoms with Gasteiger partial charge in [-0.15, -0.1) is 0 Å². The monoisotopic (exact) mass is 696 g/mol. The first-order valence-corrected chi connectivity index (χ1v) is 17.1. The van der Waals surface area contributed by atoms with Crippen LogP contribution in [0.5, 0.6) is 23.0 Å². The fourth-order valence-electron chi connectivity index (χ4n) is 7.13. The summed E-state index contributed by atoms with van der Waals surface area (Å²) in [6.07, 6.45) is 1.98. The molecule has 2 atom stereocenters. The van der Waals surface area contributed by atoms with Crippen LogP contribution in [-0.2, 0) is 20.8 Å². The third-order valence-electron chi connectivity index (χ3n) is 10.4. The molecule has 51 heavy (non-hydrogen) atoms. The van der Waals surface area contributed by atoms with Gasteiger partial charge >= 0.3 is 0 Å². The molecule has 1 saturated carbocycles. The first-order chi connectivity index (χ1) is 24.5. The van der Waals surface area contributed by atoms with Crippen LogP contribution in [-0.4, -0.2) is 62.6 Å². The average Bonchev–Trinajstić information content (AvgIpc) is 3.69. The van der Waals surface area contributed by atoms with E-state index in [9.17, 15) is 19.8 Å². The van der Waals surface area contributed by atoms with Gasteiger partial charge in [0.05, 0.1) is 40.5 Å². The Morgan fingerprint density at radius 2 is 0.765 bits per heavy atom. The molecule has 0 spiro atoms. The highest BCUT2D eigenvalue weighted by atomic mass is 16.5. The molecule has 1 aliphatic rings. The lowest BCUT2D eigenvalue weighted by atomic mass is 9.77. The van der Waals surface area contributed by atoms with Crippen LogP contribution in [0.2, 0.25) is 0 Å². The Balaban J connectivity index is 1.46. The number of nitrogens with one attached hydrogen (secondary N) is 2. The van der Waals surface area contributed by atoms with Gasteiger partial charge in [-0.25, -0.2) is 0 Å². The molecule has 4 aromatic rings. The number of methoxy groups -OCH3 is 4. The van der Waals surface area contributed by atoms with Crippen LogP contribution in [0.1, 0.15) is 61.8 Å². The van der Waals surface area contributed by atoms with Crippen molar-refractivity contribution in [1.82, 2.24) is 10.6 Å². The van der Waals surface area contributed by atoms with Crippen LogP contribution in [0.15, 0.2) is 97.1 Å². The molecular weight excluding hydrogens is 648 g/mol. The summed E-state index contributed by atoms with van der Waals surface area (Å²) in [5.41, 5.74) is -2.66. The van der Waals surface area contributed by atoms with Gasteiger partial charge in [0, 0.05) is 0 Å². The molecule has 0 radical (unpaired) electrons. The quantitative estimate of drug-likeness (QED) is 0.128. The van der Waals surface area contributed by atoms with Gasteiger partial charge in [-0.1, -0.05) is 61.4 Å². The standard InChI is InChI=1S/C41H48N2O8/c1-27(40(46,29-9-17-33(48-3)18-10-29)30-11-19-34(49-4)20-12-30)42-37(44)39(25-7-8-26-39)38(45)43-28(2)41(47,31-13-21-35(50-5)22-14-31)32-15-23-36(51-6)24-16-32/h9-24,27-28,46-47H,7-8,25-26H2,1-6H3,(H,42,44)(H,43,45)/t27-,28-/m1/s1. The van der Waals surface area contributed by atoms with Crippen molar-refractivity contribution < 1.29 is 38.7 Å². The largest absolute Gasteiger partial charge is 0.497 e. The summed E-state index contributed by atoms with van der Waals surface area (Å²) in [6.45, 7) is 3.45. The van der Waals surface area contributed by atoms with Crippen LogP contribution < -0.4 is 29.6 Å². The third kappa shape index (κ3) is 7.11. The van der Waals surface area contributed by atoms with Crippen LogP contribution in [0.3, 0.4) is 0 Å². The van der Waals surface area contributed by atoms with Gasteiger partial charge in [-0.05, 0) is 97.5 Å². The Labute approximate surface area is 299 Å². The summed E-state index contributed by atoms with van der Waals surface area (Å²) in [5, 5.41) is 31.1. The zero-order valence-electron chi connectivity index (χ0n) is 30.1. The predicted molar refractivity (Wildman–Crippen MR) is 194 cm³/mol. The second kappa shape index (κ2) is 15.4. The summed E-state index contributed by atoms with van der Waals surface area (Å²) in [4.78, 5) is 28.9.